The Morgan fingerprint density at radius 3 is 2.84 bits per heavy atom. The monoisotopic (exact) mass is 279 g/mol. The van der Waals surface area contributed by atoms with E-state index >= 15 is 0 Å². The third kappa shape index (κ3) is 2.43. The van der Waals surface area contributed by atoms with Crippen LogP contribution in [0, 0.1) is 11.1 Å². The lowest BCUT2D eigenvalue weighted by molar-refractivity contribution is 0.585. The second kappa shape index (κ2) is 4.73. The molecule has 0 spiro atoms. The van der Waals surface area contributed by atoms with Crippen molar-refractivity contribution < 1.29 is 8.78 Å². The summed E-state index contributed by atoms with van der Waals surface area (Å²) in [5.41, 5.74) is 0.742. The number of anilines is 2. The predicted octanol–water partition coefficient (Wildman–Crippen LogP) is 2.95. The lowest BCUT2D eigenvalue weighted by atomic mass is 10.3. The van der Waals surface area contributed by atoms with Gasteiger partial charge in [-0.1, -0.05) is 17.4 Å². The number of aromatic nitrogens is 4. The number of nitrogens with one attached hydrogen (secondary N) is 2. The number of nitrogens with zero attached hydrogens (tertiary/aromatic N) is 3. The maximum absolute atomic E-state index is 13.7. The zero-order valence-corrected chi connectivity index (χ0v) is 10.2. The third-order valence-corrected chi connectivity index (χ3v) is 3.07. The normalized spacial score (nSPS) is 10.6. The second-order valence-electron chi connectivity index (χ2n) is 3.60. The van der Waals surface area contributed by atoms with Gasteiger partial charge in [0.25, 0.3) is 0 Å². The largest absolute Gasteiger partial charge is 0.316 e. The van der Waals surface area contributed by atoms with Gasteiger partial charge in [0, 0.05) is 11.8 Å². The standard InChI is InChI=1S/C11H7F2N5S/c12-7-2-1-3-8(16-7)17-11-18-9(10(13)19-11)6-4-14-15-5-6/h1-5H,(H,14,15)(H,16,17,18). The predicted molar refractivity (Wildman–Crippen MR) is 67.1 cm³/mol. The van der Waals surface area contributed by atoms with Gasteiger partial charge in [-0.25, -0.2) is 9.97 Å². The number of pyridine rings is 1. The van der Waals surface area contributed by atoms with Crippen molar-refractivity contribution in [3.05, 3.63) is 41.7 Å². The van der Waals surface area contributed by atoms with Crippen LogP contribution >= 0.6 is 11.3 Å². The fraction of sp³-hybridized carbons (Fsp3) is 0. The number of rotatable bonds is 3. The summed E-state index contributed by atoms with van der Waals surface area (Å²) in [6, 6.07) is 4.30. The summed E-state index contributed by atoms with van der Waals surface area (Å²) in [7, 11) is 0. The Kier molecular flexibility index (Phi) is 2.92. The third-order valence-electron chi connectivity index (χ3n) is 2.31. The summed E-state index contributed by atoms with van der Waals surface area (Å²) in [5.74, 6) is -0.343. The molecule has 3 aromatic rings. The average molecular weight is 279 g/mol. The highest BCUT2D eigenvalue weighted by atomic mass is 32.1. The minimum absolute atomic E-state index is 0.192. The van der Waals surface area contributed by atoms with Crippen molar-refractivity contribution in [2.45, 2.75) is 0 Å². The SMILES string of the molecule is Fc1cccc(Nc2nc(-c3cn[nH]c3)c(F)s2)n1. The van der Waals surface area contributed by atoms with Crippen molar-refractivity contribution >= 4 is 22.3 Å². The minimum Gasteiger partial charge on any atom is -0.316 e. The van der Waals surface area contributed by atoms with Gasteiger partial charge >= 0.3 is 0 Å². The summed E-state index contributed by atoms with van der Waals surface area (Å²) in [4.78, 5) is 7.71. The Balaban J connectivity index is 1.89. The van der Waals surface area contributed by atoms with Gasteiger partial charge in [0.15, 0.2) is 5.13 Å². The molecule has 0 aliphatic heterocycles. The van der Waals surface area contributed by atoms with Gasteiger partial charge in [-0.2, -0.15) is 13.9 Å². The molecule has 0 bridgehead atoms. The van der Waals surface area contributed by atoms with Crippen LogP contribution in [0.4, 0.5) is 19.7 Å². The Morgan fingerprint density at radius 2 is 2.11 bits per heavy atom. The molecule has 3 rings (SSSR count). The molecule has 0 saturated heterocycles. The van der Waals surface area contributed by atoms with Crippen LogP contribution in [0.3, 0.4) is 0 Å². The number of aromatic amines is 1. The molecule has 0 radical (unpaired) electrons. The maximum atomic E-state index is 13.7. The Bertz CT molecular complexity index is 695. The van der Waals surface area contributed by atoms with E-state index in [0.29, 0.717) is 10.7 Å². The molecule has 96 valence electrons. The number of hydrogen-bond acceptors (Lipinski definition) is 5. The lowest BCUT2D eigenvalue weighted by Crippen LogP contribution is -1.94. The highest BCUT2D eigenvalue weighted by molar-refractivity contribution is 7.14. The molecular formula is C11H7F2N5S. The fourth-order valence-corrected chi connectivity index (χ4v) is 2.22. The first-order valence-corrected chi connectivity index (χ1v) is 6.09. The van der Waals surface area contributed by atoms with Gasteiger partial charge in [0.2, 0.25) is 11.1 Å². The van der Waals surface area contributed by atoms with Crippen molar-refractivity contribution in [1.82, 2.24) is 20.2 Å². The van der Waals surface area contributed by atoms with Gasteiger partial charge < -0.3 is 5.32 Å². The highest BCUT2D eigenvalue weighted by Gasteiger charge is 2.14. The van der Waals surface area contributed by atoms with E-state index in [0.717, 1.165) is 11.3 Å². The van der Waals surface area contributed by atoms with Crippen LogP contribution in [0.1, 0.15) is 0 Å². The number of H-pyrrole nitrogens is 1. The number of thiazole rings is 1. The van der Waals surface area contributed by atoms with E-state index in [1.165, 1.54) is 18.3 Å². The minimum atomic E-state index is -0.614. The van der Waals surface area contributed by atoms with Crippen molar-refractivity contribution in [2.75, 3.05) is 5.32 Å². The van der Waals surface area contributed by atoms with Gasteiger partial charge in [-0.15, -0.1) is 0 Å². The molecule has 19 heavy (non-hydrogen) atoms. The number of halogens is 2. The molecule has 5 nitrogen and oxygen atoms in total. The van der Waals surface area contributed by atoms with Crippen LogP contribution in [-0.2, 0) is 0 Å². The van der Waals surface area contributed by atoms with Crippen LogP contribution in [0.25, 0.3) is 11.3 Å². The Labute approximate surface area is 110 Å². The molecule has 0 aromatic carbocycles. The molecule has 0 amide bonds. The van der Waals surface area contributed by atoms with Crippen LogP contribution in [0.5, 0.6) is 0 Å². The summed E-state index contributed by atoms with van der Waals surface area (Å²) >= 11 is 0.820. The van der Waals surface area contributed by atoms with Crippen LogP contribution in [-0.4, -0.2) is 20.2 Å². The van der Waals surface area contributed by atoms with Gasteiger partial charge in [0.05, 0.1) is 6.20 Å². The lowest BCUT2D eigenvalue weighted by Gasteiger charge is -1.99. The van der Waals surface area contributed by atoms with E-state index in [9.17, 15) is 8.78 Å². The van der Waals surface area contributed by atoms with E-state index in [4.69, 9.17) is 0 Å². The zero-order chi connectivity index (χ0) is 13.2. The molecule has 0 atom stereocenters. The Hall–Kier alpha value is -2.35. The molecule has 0 aliphatic rings. The Morgan fingerprint density at radius 1 is 1.21 bits per heavy atom. The maximum Gasteiger partial charge on any atom is 0.214 e. The van der Waals surface area contributed by atoms with Gasteiger partial charge in [0.1, 0.15) is 11.5 Å². The molecule has 3 aromatic heterocycles. The van der Waals surface area contributed by atoms with E-state index in [2.05, 4.69) is 25.5 Å². The molecule has 0 unspecified atom stereocenters. The first-order chi connectivity index (χ1) is 9.22. The fourth-order valence-electron chi connectivity index (χ4n) is 1.50. The zero-order valence-electron chi connectivity index (χ0n) is 9.39. The van der Waals surface area contributed by atoms with Crippen molar-refractivity contribution in [1.29, 1.82) is 0 Å². The molecule has 8 heteroatoms. The van der Waals surface area contributed by atoms with E-state index in [1.807, 2.05) is 0 Å². The first-order valence-electron chi connectivity index (χ1n) is 5.27. The number of hydrogen-bond donors (Lipinski definition) is 2. The van der Waals surface area contributed by atoms with Crippen molar-refractivity contribution in [3.63, 3.8) is 0 Å². The van der Waals surface area contributed by atoms with Gasteiger partial charge in [-0.3, -0.25) is 5.10 Å². The summed E-state index contributed by atoms with van der Waals surface area (Å²) < 4.78 is 26.7. The van der Waals surface area contributed by atoms with E-state index in [-0.39, 0.29) is 11.5 Å². The van der Waals surface area contributed by atoms with E-state index < -0.39 is 11.1 Å². The smallest absolute Gasteiger partial charge is 0.214 e. The van der Waals surface area contributed by atoms with Crippen molar-refractivity contribution in [3.8, 4) is 11.3 Å². The van der Waals surface area contributed by atoms with Crippen molar-refractivity contribution in [2.24, 2.45) is 0 Å². The molecular weight excluding hydrogens is 272 g/mol. The quantitative estimate of drug-likeness (QED) is 0.723. The summed E-state index contributed by atoms with van der Waals surface area (Å²) in [6.07, 6.45) is 3.02. The topological polar surface area (TPSA) is 66.5 Å². The molecule has 3 heterocycles. The summed E-state index contributed by atoms with van der Waals surface area (Å²) in [5, 5.41) is 8.93. The van der Waals surface area contributed by atoms with Crippen LogP contribution < -0.4 is 5.32 Å². The highest BCUT2D eigenvalue weighted by Crippen LogP contribution is 2.30. The van der Waals surface area contributed by atoms with Crippen LogP contribution in [0.15, 0.2) is 30.6 Å². The van der Waals surface area contributed by atoms with E-state index in [1.54, 1.807) is 12.3 Å². The molecule has 2 N–H and O–H groups in total. The average Bonchev–Trinajstić information content (AvgIpc) is 2.98. The first kappa shape index (κ1) is 11.7. The molecule has 0 aliphatic carbocycles. The molecule has 0 fully saturated rings. The van der Waals surface area contributed by atoms with Crippen LogP contribution in [0.2, 0.25) is 0 Å². The molecule has 0 saturated carbocycles. The summed E-state index contributed by atoms with van der Waals surface area (Å²) in [6.45, 7) is 0. The second-order valence-corrected chi connectivity index (χ2v) is 4.55. The van der Waals surface area contributed by atoms with Gasteiger partial charge in [-0.05, 0) is 12.1 Å².